The molecule has 110 valence electrons. The molecule has 1 aliphatic rings. The van der Waals surface area contributed by atoms with Crippen molar-refractivity contribution in [2.75, 3.05) is 30.5 Å². The van der Waals surface area contributed by atoms with E-state index in [1.54, 1.807) is 4.90 Å². The molecule has 1 fully saturated rings. The Bertz CT molecular complexity index is 432. The molecule has 0 heterocycles. The molecule has 1 aliphatic carbocycles. The molecular formula is C15H22N2O2S. The van der Waals surface area contributed by atoms with Gasteiger partial charge in [0.15, 0.2) is 0 Å². The zero-order chi connectivity index (χ0) is 14.4. The predicted octanol–water partition coefficient (Wildman–Crippen LogP) is 2.58. The molecule has 5 heteroatoms. The second-order valence-corrected chi connectivity index (χ2v) is 6.00. The molecule has 2 rings (SSSR count). The van der Waals surface area contributed by atoms with Gasteiger partial charge in [-0.3, -0.25) is 0 Å². The van der Waals surface area contributed by atoms with Crippen LogP contribution in [0.2, 0.25) is 0 Å². The highest BCUT2D eigenvalue weighted by Crippen LogP contribution is 2.27. The molecule has 1 aromatic carbocycles. The number of thioether (sulfide) groups is 1. The molecule has 4 nitrogen and oxygen atoms in total. The number of carbonyl (C=O) groups is 1. The fourth-order valence-corrected chi connectivity index (χ4v) is 2.55. The summed E-state index contributed by atoms with van der Waals surface area (Å²) >= 11 is 1.83. The van der Waals surface area contributed by atoms with E-state index in [0.29, 0.717) is 12.6 Å². The molecule has 0 aliphatic heterocycles. The summed E-state index contributed by atoms with van der Waals surface area (Å²) in [6.45, 7) is 0.417. The Hall–Kier alpha value is -1.20. The van der Waals surface area contributed by atoms with Crippen LogP contribution in [0, 0.1) is 0 Å². The number of rotatable bonds is 7. The molecule has 1 saturated carbocycles. The van der Waals surface area contributed by atoms with Gasteiger partial charge in [-0.25, -0.2) is 4.79 Å². The average Bonchev–Trinajstić information content (AvgIpc) is 3.28. The number of hydrogen-bond acceptors (Lipinski definition) is 3. The van der Waals surface area contributed by atoms with Gasteiger partial charge in [-0.1, -0.05) is 12.1 Å². The predicted molar refractivity (Wildman–Crippen MR) is 84.4 cm³/mol. The molecule has 0 atom stereocenters. The first kappa shape index (κ1) is 15.2. The van der Waals surface area contributed by atoms with Gasteiger partial charge in [-0.15, -0.1) is 0 Å². The second kappa shape index (κ2) is 7.55. The summed E-state index contributed by atoms with van der Waals surface area (Å²) in [6.07, 6.45) is 5.23. The summed E-state index contributed by atoms with van der Waals surface area (Å²) in [5.74, 6) is 1.11. The number of anilines is 1. The molecule has 0 saturated heterocycles. The maximum atomic E-state index is 12.1. The quantitative estimate of drug-likeness (QED) is 0.812. The van der Waals surface area contributed by atoms with Gasteiger partial charge in [0.25, 0.3) is 0 Å². The van der Waals surface area contributed by atoms with Gasteiger partial charge in [-0.2, -0.15) is 11.8 Å². The molecule has 2 amide bonds. The number of carbonyl (C=O) groups excluding carboxylic acids is 1. The van der Waals surface area contributed by atoms with E-state index in [1.807, 2.05) is 23.9 Å². The Morgan fingerprint density at radius 1 is 1.40 bits per heavy atom. The summed E-state index contributed by atoms with van der Waals surface area (Å²) in [7, 11) is 0. The number of nitrogens with zero attached hydrogens (tertiary/aromatic N) is 1. The monoisotopic (exact) mass is 294 g/mol. The van der Waals surface area contributed by atoms with Gasteiger partial charge in [0.05, 0.1) is 6.61 Å². The van der Waals surface area contributed by atoms with Crippen LogP contribution in [0.25, 0.3) is 0 Å². The average molecular weight is 294 g/mol. The normalized spacial score (nSPS) is 14.1. The van der Waals surface area contributed by atoms with Crippen LogP contribution in [0.1, 0.15) is 18.4 Å². The number of aryl methyl sites for hydroxylation is 1. The number of nitrogens with one attached hydrogen (secondary N) is 1. The summed E-state index contributed by atoms with van der Waals surface area (Å²) in [5, 5.41) is 11.9. The zero-order valence-corrected chi connectivity index (χ0v) is 12.7. The first-order chi connectivity index (χ1) is 9.74. The summed E-state index contributed by atoms with van der Waals surface area (Å²) in [5.41, 5.74) is 2.10. The number of hydrogen-bond donors (Lipinski definition) is 2. The Morgan fingerprint density at radius 2 is 2.10 bits per heavy atom. The first-order valence-electron chi connectivity index (χ1n) is 7.01. The van der Waals surface area contributed by atoms with Crippen LogP contribution in [0.3, 0.4) is 0 Å². The third-order valence-electron chi connectivity index (χ3n) is 3.39. The molecule has 0 aromatic heterocycles. The van der Waals surface area contributed by atoms with Crippen molar-refractivity contribution >= 4 is 23.5 Å². The smallest absolute Gasteiger partial charge is 0.322 e. The van der Waals surface area contributed by atoms with E-state index in [0.717, 1.165) is 30.7 Å². The van der Waals surface area contributed by atoms with Gasteiger partial charge in [-0.05, 0) is 49.0 Å². The number of benzene rings is 1. The van der Waals surface area contributed by atoms with Gasteiger partial charge >= 0.3 is 6.03 Å². The van der Waals surface area contributed by atoms with E-state index in [4.69, 9.17) is 5.11 Å². The number of urea groups is 1. The fourth-order valence-electron chi connectivity index (χ4n) is 2.11. The maximum Gasteiger partial charge on any atom is 0.322 e. The molecular weight excluding hydrogens is 272 g/mol. The summed E-state index contributed by atoms with van der Waals surface area (Å²) < 4.78 is 0. The van der Waals surface area contributed by atoms with Crippen LogP contribution in [0.15, 0.2) is 24.3 Å². The van der Waals surface area contributed by atoms with Crippen LogP contribution in [-0.2, 0) is 6.42 Å². The van der Waals surface area contributed by atoms with Crippen molar-refractivity contribution in [1.82, 2.24) is 4.90 Å². The molecule has 0 bridgehead atoms. The standard InChI is InChI=1S/C15H22N2O2S/c1-20-11-8-12-2-4-13(5-3-12)16-15(19)17(9-10-18)14-6-7-14/h2-5,14,18H,6-11H2,1H3,(H,16,19). The minimum atomic E-state index is -0.113. The van der Waals surface area contributed by atoms with Crippen molar-refractivity contribution in [3.63, 3.8) is 0 Å². The third kappa shape index (κ3) is 4.42. The molecule has 20 heavy (non-hydrogen) atoms. The number of aliphatic hydroxyl groups is 1. The van der Waals surface area contributed by atoms with Crippen molar-refractivity contribution in [1.29, 1.82) is 0 Å². The van der Waals surface area contributed by atoms with Crippen molar-refractivity contribution in [3.05, 3.63) is 29.8 Å². The second-order valence-electron chi connectivity index (χ2n) is 5.02. The van der Waals surface area contributed by atoms with E-state index >= 15 is 0 Å². The number of amides is 2. The molecule has 0 radical (unpaired) electrons. The maximum absolute atomic E-state index is 12.1. The van der Waals surface area contributed by atoms with Crippen LogP contribution >= 0.6 is 11.8 Å². The van der Waals surface area contributed by atoms with Crippen LogP contribution in [0.5, 0.6) is 0 Å². The molecule has 0 spiro atoms. The topological polar surface area (TPSA) is 52.6 Å². The minimum Gasteiger partial charge on any atom is -0.395 e. The lowest BCUT2D eigenvalue weighted by Gasteiger charge is -2.21. The lowest BCUT2D eigenvalue weighted by Crippen LogP contribution is -2.38. The van der Waals surface area contributed by atoms with E-state index < -0.39 is 0 Å². The van der Waals surface area contributed by atoms with Crippen LogP contribution in [0.4, 0.5) is 10.5 Å². The Kier molecular flexibility index (Phi) is 5.73. The summed E-state index contributed by atoms with van der Waals surface area (Å²) in [6, 6.07) is 8.19. The van der Waals surface area contributed by atoms with Crippen molar-refractivity contribution in [3.8, 4) is 0 Å². The zero-order valence-electron chi connectivity index (χ0n) is 11.8. The summed E-state index contributed by atoms with van der Waals surface area (Å²) in [4.78, 5) is 13.9. The molecule has 2 N–H and O–H groups in total. The highest BCUT2D eigenvalue weighted by Gasteiger charge is 2.32. The highest BCUT2D eigenvalue weighted by atomic mass is 32.2. The van der Waals surface area contributed by atoms with Crippen LogP contribution < -0.4 is 5.32 Å². The first-order valence-corrected chi connectivity index (χ1v) is 8.40. The Morgan fingerprint density at radius 3 is 2.65 bits per heavy atom. The van der Waals surface area contributed by atoms with Gasteiger partial charge in [0.1, 0.15) is 0 Å². The fraction of sp³-hybridized carbons (Fsp3) is 0.533. The minimum absolute atomic E-state index is 0.0115. The third-order valence-corrected chi connectivity index (χ3v) is 4.00. The van der Waals surface area contributed by atoms with E-state index in [2.05, 4.69) is 23.7 Å². The Balaban J connectivity index is 1.89. The van der Waals surface area contributed by atoms with E-state index in [1.165, 1.54) is 5.56 Å². The van der Waals surface area contributed by atoms with E-state index in [-0.39, 0.29) is 12.6 Å². The van der Waals surface area contributed by atoms with Gasteiger partial charge in [0.2, 0.25) is 0 Å². The van der Waals surface area contributed by atoms with Gasteiger partial charge in [0, 0.05) is 18.3 Å². The lowest BCUT2D eigenvalue weighted by atomic mass is 10.1. The van der Waals surface area contributed by atoms with Crippen molar-refractivity contribution in [2.24, 2.45) is 0 Å². The van der Waals surface area contributed by atoms with Crippen molar-refractivity contribution in [2.45, 2.75) is 25.3 Å². The Labute approximate surface area is 124 Å². The largest absolute Gasteiger partial charge is 0.395 e. The van der Waals surface area contributed by atoms with Gasteiger partial charge < -0.3 is 15.3 Å². The lowest BCUT2D eigenvalue weighted by molar-refractivity contribution is 0.185. The highest BCUT2D eigenvalue weighted by molar-refractivity contribution is 7.98. The SMILES string of the molecule is CSCCc1ccc(NC(=O)N(CCO)C2CC2)cc1. The number of aliphatic hydroxyl groups excluding tert-OH is 1. The molecule has 1 aromatic rings. The van der Waals surface area contributed by atoms with Crippen LogP contribution in [-0.4, -0.2) is 47.2 Å². The molecule has 0 unspecified atom stereocenters. The van der Waals surface area contributed by atoms with Crippen molar-refractivity contribution < 1.29 is 9.90 Å². The van der Waals surface area contributed by atoms with E-state index in [9.17, 15) is 4.79 Å².